The highest BCUT2D eigenvalue weighted by Gasteiger charge is 2.29. The Morgan fingerprint density at radius 1 is 1.00 bits per heavy atom. The van der Waals surface area contributed by atoms with Crippen LogP contribution in [0.5, 0.6) is 5.75 Å². The Morgan fingerprint density at radius 3 is 2.42 bits per heavy atom. The number of phenols is 1. The predicted molar refractivity (Wildman–Crippen MR) is 108 cm³/mol. The summed E-state index contributed by atoms with van der Waals surface area (Å²) >= 11 is 0. The standard InChI is InChI=1S/C22H29N3O/c1-24(2)18-7-9-19(10-8-18)25-14-12-17(13-15-25)23-20-11-6-16-4-3-5-21(26)22(16)20/h3-5,7-10,17,20,23,26H,6,11-15H2,1-2H3. The Kier molecular flexibility index (Phi) is 4.77. The van der Waals surface area contributed by atoms with Gasteiger partial charge >= 0.3 is 0 Å². The summed E-state index contributed by atoms with van der Waals surface area (Å²) in [5.74, 6) is 0.455. The molecule has 138 valence electrons. The van der Waals surface area contributed by atoms with Crippen LogP contribution in [0.25, 0.3) is 0 Å². The van der Waals surface area contributed by atoms with E-state index in [0.717, 1.165) is 44.3 Å². The summed E-state index contributed by atoms with van der Waals surface area (Å²) in [5, 5.41) is 14.0. The van der Waals surface area contributed by atoms with Crippen molar-refractivity contribution < 1.29 is 5.11 Å². The van der Waals surface area contributed by atoms with Crippen LogP contribution in [0, 0.1) is 0 Å². The van der Waals surface area contributed by atoms with Gasteiger partial charge in [0.05, 0.1) is 0 Å². The monoisotopic (exact) mass is 351 g/mol. The third-order valence-corrected chi connectivity index (χ3v) is 5.89. The van der Waals surface area contributed by atoms with Crippen LogP contribution in [-0.2, 0) is 6.42 Å². The molecule has 2 N–H and O–H groups in total. The molecule has 2 aromatic rings. The maximum absolute atomic E-state index is 10.2. The molecule has 1 aliphatic carbocycles. The van der Waals surface area contributed by atoms with E-state index in [1.54, 1.807) is 0 Å². The number of aromatic hydroxyl groups is 1. The number of nitrogens with zero attached hydrogens (tertiary/aromatic N) is 2. The Bertz CT molecular complexity index is 748. The fraction of sp³-hybridized carbons (Fsp3) is 0.455. The quantitative estimate of drug-likeness (QED) is 0.881. The van der Waals surface area contributed by atoms with E-state index in [1.807, 2.05) is 12.1 Å². The molecular weight excluding hydrogens is 322 g/mol. The second-order valence-corrected chi connectivity index (χ2v) is 7.78. The lowest BCUT2D eigenvalue weighted by molar-refractivity contribution is 0.361. The van der Waals surface area contributed by atoms with Gasteiger partial charge < -0.3 is 20.2 Å². The van der Waals surface area contributed by atoms with Gasteiger partial charge in [-0.3, -0.25) is 0 Å². The molecule has 4 rings (SSSR count). The summed E-state index contributed by atoms with van der Waals surface area (Å²) in [5.41, 5.74) is 5.00. The first-order valence-corrected chi connectivity index (χ1v) is 9.71. The Labute approximate surface area is 156 Å². The number of piperidine rings is 1. The number of phenolic OH excluding ortho intramolecular Hbond substituents is 1. The summed E-state index contributed by atoms with van der Waals surface area (Å²) in [4.78, 5) is 4.62. The summed E-state index contributed by atoms with van der Waals surface area (Å²) < 4.78 is 0. The normalized spacial score (nSPS) is 20.2. The van der Waals surface area contributed by atoms with E-state index < -0.39 is 0 Å². The lowest BCUT2D eigenvalue weighted by Crippen LogP contribution is -2.43. The van der Waals surface area contributed by atoms with Crippen molar-refractivity contribution in [2.45, 2.75) is 37.8 Å². The highest BCUT2D eigenvalue weighted by molar-refractivity contribution is 5.56. The van der Waals surface area contributed by atoms with Gasteiger partial charge in [0.15, 0.2) is 0 Å². The van der Waals surface area contributed by atoms with E-state index in [0.29, 0.717) is 17.8 Å². The Balaban J connectivity index is 1.35. The Morgan fingerprint density at radius 2 is 1.73 bits per heavy atom. The lowest BCUT2D eigenvalue weighted by atomic mass is 10.0. The summed E-state index contributed by atoms with van der Waals surface area (Å²) in [6.45, 7) is 2.17. The van der Waals surface area contributed by atoms with Gasteiger partial charge in [-0.05, 0) is 61.6 Å². The van der Waals surface area contributed by atoms with Crippen LogP contribution in [0.4, 0.5) is 11.4 Å². The van der Waals surface area contributed by atoms with Gasteiger partial charge in [0.1, 0.15) is 5.75 Å². The second-order valence-electron chi connectivity index (χ2n) is 7.78. The van der Waals surface area contributed by atoms with Crippen LogP contribution >= 0.6 is 0 Å². The highest BCUT2D eigenvalue weighted by Crippen LogP contribution is 2.38. The largest absolute Gasteiger partial charge is 0.508 e. The molecule has 26 heavy (non-hydrogen) atoms. The molecule has 4 nitrogen and oxygen atoms in total. The molecule has 1 saturated heterocycles. The van der Waals surface area contributed by atoms with Gasteiger partial charge in [0.2, 0.25) is 0 Å². The number of aryl methyl sites for hydroxylation is 1. The van der Waals surface area contributed by atoms with Gasteiger partial charge in [0.25, 0.3) is 0 Å². The maximum Gasteiger partial charge on any atom is 0.120 e. The number of hydrogen-bond donors (Lipinski definition) is 2. The molecule has 1 atom stereocenters. The summed E-state index contributed by atoms with van der Waals surface area (Å²) in [6.07, 6.45) is 4.46. The molecule has 2 aromatic carbocycles. The van der Waals surface area contributed by atoms with Gasteiger partial charge in [-0.2, -0.15) is 0 Å². The zero-order chi connectivity index (χ0) is 18.1. The Hall–Kier alpha value is -2.20. The van der Waals surface area contributed by atoms with Gasteiger partial charge in [0, 0.05) is 56.2 Å². The number of hydrogen-bond acceptors (Lipinski definition) is 4. The number of fused-ring (bicyclic) bond motifs is 1. The van der Waals surface area contributed by atoms with Crippen LogP contribution in [0.3, 0.4) is 0 Å². The third-order valence-electron chi connectivity index (χ3n) is 5.89. The summed E-state index contributed by atoms with van der Waals surface area (Å²) in [7, 11) is 4.15. The van der Waals surface area contributed by atoms with E-state index in [2.05, 4.69) is 59.5 Å². The van der Waals surface area contributed by atoms with Crippen molar-refractivity contribution in [2.24, 2.45) is 0 Å². The van der Waals surface area contributed by atoms with Crippen LogP contribution in [0.1, 0.15) is 36.4 Å². The van der Waals surface area contributed by atoms with Crippen LogP contribution in [0.2, 0.25) is 0 Å². The minimum Gasteiger partial charge on any atom is -0.508 e. The second kappa shape index (κ2) is 7.20. The molecule has 0 spiro atoms. The molecule has 1 fully saturated rings. The number of rotatable bonds is 4. The third kappa shape index (κ3) is 3.38. The number of benzene rings is 2. The van der Waals surface area contributed by atoms with Gasteiger partial charge in [-0.25, -0.2) is 0 Å². The zero-order valence-corrected chi connectivity index (χ0v) is 15.8. The average Bonchev–Trinajstić information content (AvgIpc) is 3.07. The molecule has 1 heterocycles. The van der Waals surface area contributed by atoms with Crippen molar-refractivity contribution in [3.63, 3.8) is 0 Å². The molecule has 1 unspecified atom stereocenters. The van der Waals surface area contributed by atoms with Crippen LogP contribution in [-0.4, -0.2) is 38.3 Å². The van der Waals surface area contributed by atoms with E-state index in [-0.39, 0.29) is 0 Å². The van der Waals surface area contributed by atoms with Crippen molar-refractivity contribution >= 4 is 11.4 Å². The van der Waals surface area contributed by atoms with Crippen molar-refractivity contribution in [1.82, 2.24) is 5.32 Å². The molecule has 0 radical (unpaired) electrons. The van der Waals surface area contributed by atoms with Gasteiger partial charge in [-0.1, -0.05) is 12.1 Å². The molecule has 4 heteroatoms. The molecule has 0 amide bonds. The van der Waals surface area contributed by atoms with E-state index in [1.165, 1.54) is 16.9 Å². The molecule has 0 aromatic heterocycles. The molecular formula is C22H29N3O. The van der Waals surface area contributed by atoms with E-state index in [4.69, 9.17) is 0 Å². The van der Waals surface area contributed by atoms with Gasteiger partial charge in [-0.15, -0.1) is 0 Å². The molecule has 0 bridgehead atoms. The molecule has 1 aliphatic heterocycles. The molecule has 2 aliphatic rings. The number of nitrogens with one attached hydrogen (secondary N) is 1. The average molecular weight is 351 g/mol. The first kappa shape index (κ1) is 17.2. The van der Waals surface area contributed by atoms with Crippen molar-refractivity contribution in [2.75, 3.05) is 37.0 Å². The SMILES string of the molecule is CN(C)c1ccc(N2CCC(NC3CCc4cccc(O)c43)CC2)cc1. The highest BCUT2D eigenvalue weighted by atomic mass is 16.3. The topological polar surface area (TPSA) is 38.7 Å². The first-order valence-electron chi connectivity index (χ1n) is 9.71. The minimum atomic E-state index is 0.308. The fourth-order valence-corrected chi connectivity index (χ4v) is 4.38. The maximum atomic E-state index is 10.2. The predicted octanol–water partition coefficient (Wildman–Crippen LogP) is 3.70. The smallest absolute Gasteiger partial charge is 0.120 e. The summed E-state index contributed by atoms with van der Waals surface area (Å²) in [6, 6.07) is 15.6. The van der Waals surface area contributed by atoms with E-state index >= 15 is 0 Å². The van der Waals surface area contributed by atoms with Crippen LogP contribution < -0.4 is 15.1 Å². The fourth-order valence-electron chi connectivity index (χ4n) is 4.38. The van der Waals surface area contributed by atoms with Crippen molar-refractivity contribution in [3.8, 4) is 5.75 Å². The van der Waals surface area contributed by atoms with E-state index in [9.17, 15) is 5.11 Å². The zero-order valence-electron chi connectivity index (χ0n) is 15.8. The first-order chi connectivity index (χ1) is 12.6. The van der Waals surface area contributed by atoms with Crippen molar-refractivity contribution in [3.05, 3.63) is 53.6 Å². The molecule has 0 saturated carbocycles. The van der Waals surface area contributed by atoms with Crippen molar-refractivity contribution in [1.29, 1.82) is 0 Å². The minimum absolute atomic E-state index is 0.308. The number of anilines is 2. The van der Waals surface area contributed by atoms with Crippen LogP contribution in [0.15, 0.2) is 42.5 Å². The lowest BCUT2D eigenvalue weighted by Gasteiger charge is -2.35.